The Bertz CT molecular complexity index is 1500. The van der Waals surface area contributed by atoms with Crippen LogP contribution in [-0.4, -0.2) is 57.9 Å². The van der Waals surface area contributed by atoms with Crippen LogP contribution >= 0.6 is 0 Å². The van der Waals surface area contributed by atoms with Gasteiger partial charge in [0.2, 0.25) is 0 Å². The number of piperazine rings is 1. The lowest BCUT2D eigenvalue weighted by Crippen LogP contribution is -2.47. The van der Waals surface area contributed by atoms with E-state index in [4.69, 9.17) is 9.72 Å². The van der Waals surface area contributed by atoms with Gasteiger partial charge in [0, 0.05) is 55.4 Å². The van der Waals surface area contributed by atoms with Crippen LogP contribution in [0.3, 0.4) is 0 Å². The van der Waals surface area contributed by atoms with Gasteiger partial charge in [0.05, 0.1) is 16.9 Å². The molecular formula is C30H31N5O2. The van der Waals surface area contributed by atoms with Crippen molar-refractivity contribution in [2.24, 2.45) is 5.92 Å². The zero-order valence-corrected chi connectivity index (χ0v) is 21.2. The first-order valence-corrected chi connectivity index (χ1v) is 13.3. The summed E-state index contributed by atoms with van der Waals surface area (Å²) in [6.45, 7) is 7.51. The highest BCUT2D eigenvalue weighted by Crippen LogP contribution is 2.38. The molecule has 2 fully saturated rings. The second kappa shape index (κ2) is 8.99. The van der Waals surface area contributed by atoms with Crippen LogP contribution in [0, 0.1) is 12.8 Å². The molecule has 1 saturated carbocycles. The van der Waals surface area contributed by atoms with Crippen molar-refractivity contribution in [3.8, 4) is 11.4 Å². The molecule has 0 N–H and O–H groups in total. The smallest absolute Gasteiger partial charge is 0.186 e. The number of rotatable bonds is 6. The Morgan fingerprint density at radius 2 is 1.81 bits per heavy atom. The van der Waals surface area contributed by atoms with Crippen LogP contribution in [0.5, 0.6) is 5.75 Å². The molecule has 0 atom stereocenters. The van der Waals surface area contributed by atoms with Crippen LogP contribution in [-0.2, 0) is 13.0 Å². The maximum absolute atomic E-state index is 12.6. The van der Waals surface area contributed by atoms with Gasteiger partial charge in [0.1, 0.15) is 24.4 Å². The number of Topliss-reactive ketones (excluding diaryl/α,β-unsaturated/α-hetero) is 1. The van der Waals surface area contributed by atoms with Crippen molar-refractivity contribution < 1.29 is 9.53 Å². The van der Waals surface area contributed by atoms with E-state index in [-0.39, 0.29) is 11.7 Å². The molecule has 0 unspecified atom stereocenters. The second-order valence-electron chi connectivity index (χ2n) is 10.5. The Labute approximate surface area is 216 Å². The second-order valence-corrected chi connectivity index (χ2v) is 10.5. The summed E-state index contributed by atoms with van der Waals surface area (Å²) >= 11 is 0. The number of ketones is 1. The lowest BCUT2D eigenvalue weighted by molar-refractivity contribution is 0.0960. The minimum Gasteiger partial charge on any atom is -0.485 e. The number of nitrogens with zero attached hydrogens (tertiary/aromatic N) is 5. The van der Waals surface area contributed by atoms with E-state index in [1.807, 2.05) is 6.92 Å². The van der Waals surface area contributed by atoms with Crippen molar-refractivity contribution in [1.82, 2.24) is 19.4 Å². The lowest BCUT2D eigenvalue weighted by atomic mass is 10.1. The minimum atomic E-state index is 0.161. The summed E-state index contributed by atoms with van der Waals surface area (Å²) in [4.78, 5) is 26.9. The Morgan fingerprint density at radius 1 is 1.00 bits per heavy atom. The molecule has 0 spiro atoms. The summed E-state index contributed by atoms with van der Waals surface area (Å²) in [5.41, 5.74) is 7.09. The topological polar surface area (TPSA) is 63.5 Å². The van der Waals surface area contributed by atoms with E-state index in [0.717, 1.165) is 80.3 Å². The number of carbonyl (C=O) groups is 1. The van der Waals surface area contributed by atoms with Crippen LogP contribution in [0.4, 0.5) is 5.69 Å². The zero-order chi connectivity index (χ0) is 24.9. The number of ether oxygens (including phenoxy) is 1. The summed E-state index contributed by atoms with van der Waals surface area (Å²) < 4.78 is 8.30. The third-order valence-electron chi connectivity index (χ3n) is 7.99. The van der Waals surface area contributed by atoms with Gasteiger partial charge in [-0.1, -0.05) is 18.2 Å². The molecule has 4 aromatic rings. The largest absolute Gasteiger partial charge is 0.485 e. The SMILES string of the molecule is Cc1ccc2c(N3CCN(CCc4cccc5c4OCc4c(C(=O)C6CC6)ncn4-5)CC3)cccc2n1. The maximum Gasteiger partial charge on any atom is 0.186 e. The monoisotopic (exact) mass is 493 g/mol. The van der Waals surface area contributed by atoms with Crippen molar-refractivity contribution in [2.75, 3.05) is 37.6 Å². The van der Waals surface area contributed by atoms with Crippen LogP contribution in [0.2, 0.25) is 0 Å². The normalized spacial score (nSPS) is 17.4. The number of hydrogen-bond donors (Lipinski definition) is 0. The predicted octanol–water partition coefficient (Wildman–Crippen LogP) is 4.58. The minimum absolute atomic E-state index is 0.161. The van der Waals surface area contributed by atoms with Gasteiger partial charge in [-0.15, -0.1) is 0 Å². The fraction of sp³-hybridized carbons (Fsp3) is 0.367. The van der Waals surface area contributed by atoms with Crippen molar-refractivity contribution >= 4 is 22.4 Å². The van der Waals surface area contributed by atoms with Gasteiger partial charge in [-0.2, -0.15) is 0 Å². The van der Waals surface area contributed by atoms with Gasteiger partial charge in [0.15, 0.2) is 5.78 Å². The summed E-state index contributed by atoms with van der Waals surface area (Å²) in [6.07, 6.45) is 4.69. The van der Waals surface area contributed by atoms with Crippen LogP contribution in [0.25, 0.3) is 16.6 Å². The van der Waals surface area contributed by atoms with E-state index in [2.05, 4.69) is 67.9 Å². The molecule has 0 radical (unpaired) electrons. The van der Waals surface area contributed by atoms with Crippen LogP contribution in [0.1, 0.15) is 40.3 Å². The number of hydrogen-bond acceptors (Lipinski definition) is 6. The molecule has 0 bridgehead atoms. The maximum atomic E-state index is 12.6. The number of aryl methyl sites for hydroxylation is 1. The third-order valence-corrected chi connectivity index (χ3v) is 7.99. The molecule has 1 aliphatic carbocycles. The summed E-state index contributed by atoms with van der Waals surface area (Å²) in [5.74, 6) is 1.26. The standard InChI is InChI=1S/C30H31N5O2/c1-20-8-11-23-24(32-20)5-3-6-25(23)34-16-14-33(15-17-34)13-12-22-4-2-7-26-30(22)37-18-27-28(31-19-35(26)27)29(36)21-9-10-21/h2-8,11,19,21H,9-10,12-18H2,1H3. The fourth-order valence-electron chi connectivity index (χ4n) is 5.74. The Hall–Kier alpha value is -3.71. The molecule has 4 heterocycles. The van der Waals surface area contributed by atoms with E-state index < -0.39 is 0 Å². The van der Waals surface area contributed by atoms with Gasteiger partial charge in [-0.05, 0) is 62.1 Å². The van der Waals surface area contributed by atoms with E-state index in [0.29, 0.717) is 12.3 Å². The van der Waals surface area contributed by atoms with Crippen molar-refractivity contribution in [3.05, 3.63) is 77.5 Å². The van der Waals surface area contributed by atoms with E-state index in [1.165, 1.54) is 16.6 Å². The Kier molecular flexibility index (Phi) is 5.47. The van der Waals surface area contributed by atoms with Gasteiger partial charge in [-0.25, -0.2) is 4.98 Å². The predicted molar refractivity (Wildman–Crippen MR) is 144 cm³/mol. The number of imidazole rings is 1. The van der Waals surface area contributed by atoms with Gasteiger partial charge in [-0.3, -0.25) is 19.2 Å². The van der Waals surface area contributed by atoms with Gasteiger partial charge < -0.3 is 9.64 Å². The summed E-state index contributed by atoms with van der Waals surface area (Å²) in [5, 5.41) is 1.23. The molecule has 7 nitrogen and oxygen atoms in total. The summed E-state index contributed by atoms with van der Waals surface area (Å²) in [7, 11) is 0. The van der Waals surface area contributed by atoms with Crippen molar-refractivity contribution in [1.29, 1.82) is 0 Å². The number of benzene rings is 2. The molecule has 1 saturated heterocycles. The van der Waals surface area contributed by atoms with Gasteiger partial charge in [0.25, 0.3) is 0 Å². The molecule has 7 heteroatoms. The fourth-order valence-corrected chi connectivity index (χ4v) is 5.74. The van der Waals surface area contributed by atoms with Crippen molar-refractivity contribution in [2.45, 2.75) is 32.8 Å². The highest BCUT2D eigenvalue weighted by molar-refractivity contribution is 5.98. The molecule has 188 valence electrons. The number of carbonyl (C=O) groups excluding carboxylic acids is 1. The highest BCUT2D eigenvalue weighted by atomic mass is 16.5. The van der Waals surface area contributed by atoms with Gasteiger partial charge >= 0.3 is 0 Å². The average molecular weight is 494 g/mol. The number of para-hydroxylation sites is 1. The quantitative estimate of drug-likeness (QED) is 0.367. The number of anilines is 1. The molecule has 2 aromatic heterocycles. The lowest BCUT2D eigenvalue weighted by Gasteiger charge is -2.36. The number of aromatic nitrogens is 3. The number of fused-ring (bicyclic) bond motifs is 4. The molecule has 0 amide bonds. The molecule has 3 aliphatic rings. The highest BCUT2D eigenvalue weighted by Gasteiger charge is 2.35. The first-order valence-electron chi connectivity index (χ1n) is 13.3. The van der Waals surface area contributed by atoms with E-state index in [9.17, 15) is 4.79 Å². The molecular weight excluding hydrogens is 462 g/mol. The zero-order valence-electron chi connectivity index (χ0n) is 21.2. The first-order chi connectivity index (χ1) is 18.2. The molecule has 7 rings (SSSR count). The van der Waals surface area contributed by atoms with Crippen LogP contribution in [0.15, 0.2) is 54.9 Å². The van der Waals surface area contributed by atoms with E-state index >= 15 is 0 Å². The molecule has 2 aliphatic heterocycles. The summed E-state index contributed by atoms with van der Waals surface area (Å²) in [6, 6.07) is 17.1. The average Bonchev–Trinajstić information content (AvgIpc) is 3.69. The first kappa shape index (κ1) is 22.5. The third kappa shape index (κ3) is 4.07. The Morgan fingerprint density at radius 3 is 2.65 bits per heavy atom. The van der Waals surface area contributed by atoms with E-state index in [1.54, 1.807) is 6.33 Å². The number of pyridine rings is 1. The molecule has 2 aromatic carbocycles. The molecule has 37 heavy (non-hydrogen) atoms. The Balaban J connectivity index is 1.03. The van der Waals surface area contributed by atoms with Crippen molar-refractivity contribution in [3.63, 3.8) is 0 Å². The van der Waals surface area contributed by atoms with Crippen LogP contribution < -0.4 is 9.64 Å².